The van der Waals surface area contributed by atoms with Crippen LogP contribution >= 0.6 is 23.7 Å². The number of halogens is 1. The van der Waals surface area contributed by atoms with Crippen LogP contribution in [0.25, 0.3) is 27.1 Å². The van der Waals surface area contributed by atoms with Gasteiger partial charge in [-0.15, -0.1) is 22.6 Å². The number of fused-ring (bicyclic) bond motifs is 1. The molecule has 3 aromatic heterocycles. The van der Waals surface area contributed by atoms with E-state index in [1.807, 2.05) is 36.0 Å². The largest absolute Gasteiger partial charge is 0.497 e. The van der Waals surface area contributed by atoms with Crippen LogP contribution in [-0.4, -0.2) is 36.7 Å². The average Bonchev–Trinajstić information content (AvgIpc) is 3.27. The summed E-state index contributed by atoms with van der Waals surface area (Å²) in [5, 5.41) is 18.8. The fourth-order valence-corrected chi connectivity index (χ4v) is 3.56. The second kappa shape index (κ2) is 6.94. The molecule has 0 saturated carbocycles. The number of aryl methyl sites for hydroxylation is 1. The maximum absolute atomic E-state index is 5.21. The van der Waals surface area contributed by atoms with E-state index in [1.165, 1.54) is 11.3 Å². The minimum Gasteiger partial charge on any atom is -0.497 e. The molecule has 0 bridgehead atoms. The summed E-state index contributed by atoms with van der Waals surface area (Å²) >= 11 is 1.50. The van der Waals surface area contributed by atoms with Crippen LogP contribution in [0.4, 0.5) is 0 Å². The van der Waals surface area contributed by atoms with Gasteiger partial charge in [-0.1, -0.05) is 32.1 Å². The highest BCUT2D eigenvalue weighted by Crippen LogP contribution is 2.31. The minimum absolute atomic E-state index is 0. The van der Waals surface area contributed by atoms with E-state index in [4.69, 9.17) is 9.84 Å². The van der Waals surface area contributed by atoms with Crippen LogP contribution in [0.1, 0.15) is 26.5 Å². The van der Waals surface area contributed by atoms with E-state index < -0.39 is 0 Å². The number of nitrogens with zero attached hydrogens (tertiary/aromatic N) is 6. The van der Waals surface area contributed by atoms with E-state index in [0.29, 0.717) is 5.82 Å². The van der Waals surface area contributed by atoms with Crippen LogP contribution in [-0.2, 0) is 12.5 Å². The first-order chi connectivity index (χ1) is 12.4. The lowest BCUT2D eigenvalue weighted by Gasteiger charge is -2.13. The van der Waals surface area contributed by atoms with Gasteiger partial charge < -0.3 is 4.74 Å². The van der Waals surface area contributed by atoms with Gasteiger partial charge in [0, 0.05) is 18.0 Å². The van der Waals surface area contributed by atoms with Crippen molar-refractivity contribution >= 4 is 28.7 Å². The Hall–Kier alpha value is -2.45. The van der Waals surface area contributed by atoms with Crippen molar-refractivity contribution in [3.8, 4) is 27.8 Å². The van der Waals surface area contributed by atoms with Crippen LogP contribution < -0.4 is 4.74 Å². The van der Waals surface area contributed by atoms with Gasteiger partial charge in [-0.2, -0.15) is 14.7 Å². The van der Waals surface area contributed by atoms with Crippen LogP contribution in [0.5, 0.6) is 5.75 Å². The number of benzene rings is 1. The van der Waals surface area contributed by atoms with E-state index in [1.54, 1.807) is 11.6 Å². The monoisotopic (exact) mass is 404 g/mol. The first-order valence-corrected chi connectivity index (χ1v) is 9.10. The molecule has 0 aliphatic rings. The lowest BCUT2D eigenvalue weighted by molar-refractivity contribution is 0.415. The fourth-order valence-electron chi connectivity index (χ4n) is 2.67. The highest BCUT2D eigenvalue weighted by atomic mass is 35.5. The molecule has 142 valence electrons. The molecule has 0 fully saturated rings. The number of aromatic nitrogens is 6. The highest BCUT2D eigenvalue weighted by Gasteiger charge is 2.22. The molecule has 0 radical (unpaired) electrons. The molecule has 0 amide bonds. The van der Waals surface area contributed by atoms with Crippen LogP contribution in [0, 0.1) is 0 Å². The Balaban J connectivity index is 0.00000210. The highest BCUT2D eigenvalue weighted by molar-refractivity contribution is 7.19. The summed E-state index contributed by atoms with van der Waals surface area (Å²) in [7, 11) is 3.59. The molecule has 0 aliphatic carbocycles. The topological polar surface area (TPSA) is 70.1 Å². The van der Waals surface area contributed by atoms with E-state index in [-0.39, 0.29) is 17.8 Å². The molecule has 1 aromatic carbocycles. The molecule has 0 N–H and O–H groups in total. The molecule has 0 unspecified atom stereocenters. The molecule has 4 rings (SSSR count). The predicted molar refractivity (Wildman–Crippen MR) is 109 cm³/mol. The molecule has 0 saturated heterocycles. The van der Waals surface area contributed by atoms with Gasteiger partial charge in [0.15, 0.2) is 10.8 Å². The summed E-state index contributed by atoms with van der Waals surface area (Å²) in [6.07, 6.45) is 0. The zero-order chi connectivity index (χ0) is 18.5. The maximum Gasteiger partial charge on any atom is 0.235 e. The number of hydrogen-bond acceptors (Lipinski definition) is 6. The number of methoxy groups -OCH3 is 1. The zero-order valence-electron chi connectivity index (χ0n) is 15.8. The second-order valence-electron chi connectivity index (χ2n) is 7.14. The van der Waals surface area contributed by atoms with Gasteiger partial charge in [0.05, 0.1) is 18.5 Å². The minimum atomic E-state index is -0.0107. The molecule has 0 aliphatic heterocycles. The third kappa shape index (κ3) is 3.42. The van der Waals surface area contributed by atoms with Gasteiger partial charge >= 0.3 is 0 Å². The van der Waals surface area contributed by atoms with Gasteiger partial charge in [-0.25, -0.2) is 0 Å². The Morgan fingerprint density at radius 1 is 1.04 bits per heavy atom. The average molecular weight is 405 g/mol. The lowest BCUT2D eigenvalue weighted by atomic mass is 9.92. The summed E-state index contributed by atoms with van der Waals surface area (Å²) in [5.74, 6) is 1.52. The molecule has 0 atom stereocenters. The van der Waals surface area contributed by atoms with Crippen molar-refractivity contribution in [3.63, 3.8) is 0 Å². The van der Waals surface area contributed by atoms with Crippen LogP contribution in [0.3, 0.4) is 0 Å². The van der Waals surface area contributed by atoms with Gasteiger partial charge in [0.1, 0.15) is 5.75 Å². The van der Waals surface area contributed by atoms with E-state index >= 15 is 0 Å². The van der Waals surface area contributed by atoms with Gasteiger partial charge in [-0.3, -0.25) is 4.68 Å². The summed E-state index contributed by atoms with van der Waals surface area (Å²) in [6.45, 7) is 6.46. The number of hydrogen-bond donors (Lipinski definition) is 0. The van der Waals surface area contributed by atoms with Crippen molar-refractivity contribution in [2.75, 3.05) is 7.11 Å². The molecule has 0 spiro atoms. The van der Waals surface area contributed by atoms with E-state index in [2.05, 4.69) is 42.1 Å². The van der Waals surface area contributed by atoms with Crippen molar-refractivity contribution in [2.45, 2.75) is 26.2 Å². The van der Waals surface area contributed by atoms with Crippen LogP contribution in [0.15, 0.2) is 30.3 Å². The van der Waals surface area contributed by atoms with Crippen molar-refractivity contribution in [1.29, 1.82) is 0 Å². The molecular formula is C18H21ClN6OS. The summed E-state index contributed by atoms with van der Waals surface area (Å²) in [4.78, 5) is 0.754. The Morgan fingerprint density at radius 3 is 2.33 bits per heavy atom. The first kappa shape index (κ1) is 19.3. The molecule has 7 nitrogen and oxygen atoms in total. The van der Waals surface area contributed by atoms with Gasteiger partial charge in [0.25, 0.3) is 0 Å². The number of rotatable bonds is 3. The summed E-state index contributed by atoms with van der Waals surface area (Å²) in [6, 6.07) is 9.81. The standard InChI is InChI=1S/C18H20N6OS.ClH/c1-18(2,3)14-10-13(23(4)21-14)16-22-24-15(19-20-17(24)26-16)11-6-8-12(25-5)9-7-11;/h6-10H,1-5H3;1H. The fraction of sp³-hybridized carbons (Fsp3) is 0.333. The third-order valence-corrected chi connectivity index (χ3v) is 5.13. The Bertz CT molecular complexity index is 1070. The second-order valence-corrected chi connectivity index (χ2v) is 8.10. The Labute approximate surface area is 167 Å². The molecule has 4 aromatic rings. The maximum atomic E-state index is 5.21. The van der Waals surface area contributed by atoms with Gasteiger partial charge in [0.2, 0.25) is 4.96 Å². The Kier molecular flexibility index (Phi) is 4.96. The molecule has 3 heterocycles. The smallest absolute Gasteiger partial charge is 0.235 e. The molecular weight excluding hydrogens is 384 g/mol. The van der Waals surface area contributed by atoms with E-state index in [0.717, 1.165) is 32.7 Å². The lowest BCUT2D eigenvalue weighted by Crippen LogP contribution is -2.12. The molecule has 27 heavy (non-hydrogen) atoms. The SMILES string of the molecule is COc1ccc(-c2nnc3sc(-c4cc(C(C)(C)C)nn4C)nn23)cc1.Cl. The first-order valence-electron chi connectivity index (χ1n) is 8.28. The van der Waals surface area contributed by atoms with Crippen LogP contribution in [0.2, 0.25) is 0 Å². The van der Waals surface area contributed by atoms with Crippen molar-refractivity contribution < 1.29 is 4.74 Å². The summed E-state index contributed by atoms with van der Waals surface area (Å²) < 4.78 is 8.87. The Morgan fingerprint density at radius 2 is 1.74 bits per heavy atom. The van der Waals surface area contributed by atoms with E-state index in [9.17, 15) is 0 Å². The zero-order valence-corrected chi connectivity index (χ0v) is 17.4. The number of ether oxygens (including phenoxy) is 1. The predicted octanol–water partition coefficient (Wildman–Crippen LogP) is 3.98. The quantitative estimate of drug-likeness (QED) is 0.516. The van der Waals surface area contributed by atoms with Gasteiger partial charge in [-0.05, 0) is 30.3 Å². The normalized spacial score (nSPS) is 11.6. The third-order valence-electron chi connectivity index (χ3n) is 4.21. The molecule has 9 heteroatoms. The van der Waals surface area contributed by atoms with Crippen molar-refractivity contribution in [3.05, 3.63) is 36.0 Å². The summed E-state index contributed by atoms with van der Waals surface area (Å²) in [5.41, 5.74) is 2.95. The van der Waals surface area contributed by atoms with Crippen molar-refractivity contribution in [1.82, 2.24) is 29.6 Å². The van der Waals surface area contributed by atoms with Crippen molar-refractivity contribution in [2.24, 2.45) is 7.05 Å².